The minimum Gasteiger partial charge on any atom is -0.495 e. The van der Waals surface area contributed by atoms with Crippen LogP contribution in [0.25, 0.3) is 0 Å². The lowest BCUT2D eigenvalue weighted by Crippen LogP contribution is -2.12. The summed E-state index contributed by atoms with van der Waals surface area (Å²) < 4.78 is 35.0. The van der Waals surface area contributed by atoms with Gasteiger partial charge in [-0.05, 0) is 29.7 Å². The molecule has 1 aromatic heterocycles. The second kappa shape index (κ2) is 6.13. The Morgan fingerprint density at radius 1 is 1.14 bits per heavy atom. The number of hydrogen-bond acceptors (Lipinski definition) is 5. The molecular weight excluding hydrogens is 290 g/mol. The van der Waals surface area contributed by atoms with Crippen molar-refractivity contribution in [3.8, 4) is 11.6 Å². The Morgan fingerprint density at radius 3 is 2.48 bits per heavy atom. The van der Waals surface area contributed by atoms with Crippen molar-refractivity contribution in [3.05, 3.63) is 48.2 Å². The van der Waals surface area contributed by atoms with Crippen molar-refractivity contribution in [2.75, 3.05) is 7.11 Å². The summed E-state index contributed by atoms with van der Waals surface area (Å²) in [4.78, 5) is 3.86. The van der Waals surface area contributed by atoms with E-state index in [2.05, 4.69) is 4.98 Å². The summed E-state index contributed by atoms with van der Waals surface area (Å²) in [5, 5.41) is 0. The first-order valence-corrected chi connectivity index (χ1v) is 7.88. The topological polar surface area (TPSA) is 65.5 Å². The average Bonchev–Trinajstić information content (AvgIpc) is 2.47. The second-order valence-corrected chi connectivity index (χ2v) is 6.29. The number of rotatable bonds is 5. The molecule has 0 atom stereocenters. The molecule has 0 N–H and O–H groups in total. The molecule has 0 saturated heterocycles. The van der Waals surface area contributed by atoms with Gasteiger partial charge in [0.15, 0.2) is 0 Å². The van der Waals surface area contributed by atoms with Gasteiger partial charge in [0, 0.05) is 12.3 Å². The van der Waals surface area contributed by atoms with Crippen LogP contribution >= 0.6 is 0 Å². The molecule has 1 aromatic carbocycles. The summed E-state index contributed by atoms with van der Waals surface area (Å²) >= 11 is 0. The van der Waals surface area contributed by atoms with Crippen LogP contribution < -0.4 is 8.92 Å². The van der Waals surface area contributed by atoms with E-state index in [1.165, 1.54) is 19.4 Å². The van der Waals surface area contributed by atoms with Gasteiger partial charge in [0.25, 0.3) is 0 Å². The molecule has 0 unspecified atom stereocenters. The van der Waals surface area contributed by atoms with Gasteiger partial charge in [-0.3, -0.25) is 0 Å². The first-order valence-electron chi connectivity index (χ1n) is 6.47. The molecule has 0 aliphatic carbocycles. The fourth-order valence-corrected chi connectivity index (χ4v) is 2.89. The van der Waals surface area contributed by atoms with Crippen LogP contribution in [0.5, 0.6) is 11.6 Å². The highest BCUT2D eigenvalue weighted by atomic mass is 32.2. The maximum atomic E-state index is 12.4. The molecule has 2 aromatic rings. The van der Waals surface area contributed by atoms with Crippen molar-refractivity contribution in [1.82, 2.24) is 4.98 Å². The lowest BCUT2D eigenvalue weighted by molar-refractivity contribution is 0.397. The molecular formula is C15H17NO4S. The van der Waals surface area contributed by atoms with Gasteiger partial charge in [-0.2, -0.15) is 8.42 Å². The largest absolute Gasteiger partial charge is 0.495 e. The van der Waals surface area contributed by atoms with Crippen LogP contribution in [0.1, 0.15) is 25.3 Å². The quantitative estimate of drug-likeness (QED) is 0.795. The van der Waals surface area contributed by atoms with Gasteiger partial charge in [-0.15, -0.1) is 0 Å². The Hall–Kier alpha value is -2.08. The lowest BCUT2D eigenvalue weighted by atomic mass is 10.0. The van der Waals surface area contributed by atoms with Crippen molar-refractivity contribution in [2.45, 2.75) is 24.7 Å². The number of benzene rings is 1. The van der Waals surface area contributed by atoms with Crippen LogP contribution in [-0.2, 0) is 10.1 Å². The molecule has 1 heterocycles. The van der Waals surface area contributed by atoms with Gasteiger partial charge in [0.1, 0.15) is 10.6 Å². The van der Waals surface area contributed by atoms with Crippen LogP contribution in [0.3, 0.4) is 0 Å². The number of nitrogens with zero attached hydrogens (tertiary/aromatic N) is 1. The molecule has 0 aliphatic heterocycles. The molecule has 0 radical (unpaired) electrons. The van der Waals surface area contributed by atoms with E-state index >= 15 is 0 Å². The highest BCUT2D eigenvalue weighted by Gasteiger charge is 2.23. The van der Waals surface area contributed by atoms with Crippen molar-refractivity contribution in [2.24, 2.45) is 0 Å². The van der Waals surface area contributed by atoms with E-state index in [4.69, 9.17) is 8.92 Å². The Kier molecular flexibility index (Phi) is 4.47. The van der Waals surface area contributed by atoms with Crippen LogP contribution in [0.15, 0.2) is 47.5 Å². The Balaban J connectivity index is 2.45. The smallest absolute Gasteiger partial charge is 0.344 e. The molecule has 21 heavy (non-hydrogen) atoms. The second-order valence-electron chi connectivity index (χ2n) is 4.77. The monoisotopic (exact) mass is 307 g/mol. The summed E-state index contributed by atoms with van der Waals surface area (Å²) in [7, 11) is -2.58. The predicted molar refractivity (Wildman–Crippen MR) is 79.1 cm³/mol. The van der Waals surface area contributed by atoms with Crippen molar-refractivity contribution in [1.29, 1.82) is 0 Å². The van der Waals surface area contributed by atoms with E-state index in [0.29, 0.717) is 0 Å². The fourth-order valence-electron chi connectivity index (χ4n) is 1.80. The summed E-state index contributed by atoms with van der Waals surface area (Å²) in [5.41, 5.74) is 0.888. The molecule has 0 bridgehead atoms. The molecule has 0 saturated carbocycles. The molecule has 112 valence electrons. The average molecular weight is 307 g/mol. The van der Waals surface area contributed by atoms with Gasteiger partial charge in [0.05, 0.1) is 7.11 Å². The van der Waals surface area contributed by atoms with Crippen LogP contribution in [0.4, 0.5) is 0 Å². The lowest BCUT2D eigenvalue weighted by Gasteiger charge is -2.13. The van der Waals surface area contributed by atoms with Gasteiger partial charge in [-0.25, -0.2) is 4.98 Å². The Morgan fingerprint density at radius 2 is 1.90 bits per heavy atom. The van der Waals surface area contributed by atoms with Crippen LogP contribution in [0.2, 0.25) is 0 Å². The van der Waals surface area contributed by atoms with Crippen LogP contribution in [-0.4, -0.2) is 20.5 Å². The molecule has 0 aliphatic rings. The maximum Gasteiger partial charge on any atom is 0.344 e. The minimum absolute atomic E-state index is 0.00172. The maximum absolute atomic E-state index is 12.4. The minimum atomic E-state index is -4.00. The van der Waals surface area contributed by atoms with E-state index in [1.807, 2.05) is 19.9 Å². The number of methoxy groups -OCH3 is 1. The number of pyridine rings is 1. The van der Waals surface area contributed by atoms with E-state index in [1.54, 1.807) is 24.3 Å². The van der Waals surface area contributed by atoms with Crippen molar-refractivity contribution in [3.63, 3.8) is 0 Å². The Bertz CT molecular complexity index is 712. The summed E-state index contributed by atoms with van der Waals surface area (Å²) in [6.45, 7) is 3.97. The van der Waals surface area contributed by atoms with Crippen molar-refractivity contribution < 1.29 is 17.3 Å². The van der Waals surface area contributed by atoms with E-state index < -0.39 is 10.1 Å². The normalized spacial score (nSPS) is 11.4. The molecule has 2 rings (SSSR count). The summed E-state index contributed by atoms with van der Waals surface area (Å²) in [5.74, 6) is 0.463. The first kappa shape index (κ1) is 15.3. The third kappa shape index (κ3) is 3.52. The van der Waals surface area contributed by atoms with Gasteiger partial charge < -0.3 is 8.92 Å². The van der Waals surface area contributed by atoms with E-state index in [9.17, 15) is 8.42 Å². The third-order valence-corrected chi connectivity index (χ3v) is 4.20. The number of aromatic nitrogens is 1. The molecule has 0 amide bonds. The van der Waals surface area contributed by atoms with Crippen LogP contribution in [0, 0.1) is 0 Å². The zero-order valence-electron chi connectivity index (χ0n) is 12.1. The van der Waals surface area contributed by atoms with Gasteiger partial charge >= 0.3 is 10.1 Å². The highest BCUT2D eigenvalue weighted by molar-refractivity contribution is 7.87. The zero-order valence-corrected chi connectivity index (χ0v) is 12.9. The molecule has 6 heteroatoms. The third-order valence-electron chi connectivity index (χ3n) is 2.96. The first-order chi connectivity index (χ1) is 9.94. The number of hydrogen-bond donors (Lipinski definition) is 0. The SMILES string of the molecule is COc1ccc(C(C)C)cc1S(=O)(=O)Oc1ccccn1. The van der Waals surface area contributed by atoms with E-state index in [-0.39, 0.29) is 22.4 Å². The molecule has 5 nitrogen and oxygen atoms in total. The summed E-state index contributed by atoms with van der Waals surface area (Å²) in [6.07, 6.45) is 1.46. The van der Waals surface area contributed by atoms with Crippen molar-refractivity contribution >= 4 is 10.1 Å². The zero-order chi connectivity index (χ0) is 15.5. The standard InChI is InChI=1S/C15H17NO4S/c1-11(2)12-7-8-13(19-3)14(10-12)21(17,18)20-15-6-4-5-9-16-15/h4-11H,1-3H3. The fraction of sp³-hybridized carbons (Fsp3) is 0.267. The predicted octanol–water partition coefficient (Wildman–Crippen LogP) is 2.98. The highest BCUT2D eigenvalue weighted by Crippen LogP contribution is 2.29. The Labute approximate surface area is 124 Å². The summed E-state index contributed by atoms with van der Waals surface area (Å²) in [6, 6.07) is 9.85. The molecule has 0 spiro atoms. The molecule has 0 fully saturated rings. The number of ether oxygens (including phenoxy) is 1. The van der Waals surface area contributed by atoms with Gasteiger partial charge in [0.2, 0.25) is 5.88 Å². The van der Waals surface area contributed by atoms with Gasteiger partial charge in [-0.1, -0.05) is 26.0 Å². The van der Waals surface area contributed by atoms with E-state index in [0.717, 1.165) is 5.56 Å².